The lowest BCUT2D eigenvalue weighted by Gasteiger charge is -1.98. The van der Waals surface area contributed by atoms with Gasteiger partial charge in [-0.05, 0) is 0 Å². The summed E-state index contributed by atoms with van der Waals surface area (Å²) in [5, 5.41) is 19.5. The second-order valence-corrected chi connectivity index (χ2v) is 2.75. The van der Waals surface area contributed by atoms with Gasteiger partial charge in [0.25, 0.3) is 0 Å². The molecule has 1 aromatic carbocycles. The SMILES string of the molecule is O=CCC#Cc1cc([N+](=O)[O-])c(O)cc1F. The van der Waals surface area contributed by atoms with Crippen LogP contribution in [0.2, 0.25) is 0 Å². The van der Waals surface area contributed by atoms with Gasteiger partial charge >= 0.3 is 5.69 Å². The molecule has 0 saturated carbocycles. The van der Waals surface area contributed by atoms with Crippen LogP contribution in [0, 0.1) is 27.8 Å². The molecular formula is C10H6FNO4. The van der Waals surface area contributed by atoms with Crippen molar-refractivity contribution in [1.29, 1.82) is 0 Å². The molecule has 16 heavy (non-hydrogen) atoms. The van der Waals surface area contributed by atoms with Crippen LogP contribution < -0.4 is 0 Å². The predicted octanol–water partition coefficient (Wildman–Crippen LogP) is 1.38. The zero-order valence-corrected chi connectivity index (χ0v) is 7.94. The van der Waals surface area contributed by atoms with Crippen LogP contribution in [0.1, 0.15) is 12.0 Å². The summed E-state index contributed by atoms with van der Waals surface area (Å²) in [6.45, 7) is 0. The molecule has 0 aromatic heterocycles. The first kappa shape index (κ1) is 11.7. The molecule has 0 spiro atoms. The van der Waals surface area contributed by atoms with Gasteiger partial charge in [-0.15, -0.1) is 0 Å². The van der Waals surface area contributed by atoms with Crippen LogP contribution in [0.5, 0.6) is 5.75 Å². The second kappa shape index (κ2) is 4.89. The normalized spacial score (nSPS) is 9.06. The quantitative estimate of drug-likeness (QED) is 0.355. The van der Waals surface area contributed by atoms with Gasteiger partial charge in [-0.2, -0.15) is 0 Å². The van der Waals surface area contributed by atoms with Gasteiger partial charge in [0.2, 0.25) is 0 Å². The van der Waals surface area contributed by atoms with E-state index in [0.29, 0.717) is 12.4 Å². The fraction of sp³-hybridized carbons (Fsp3) is 0.100. The molecule has 0 aliphatic heterocycles. The van der Waals surface area contributed by atoms with Gasteiger partial charge in [0, 0.05) is 12.1 Å². The van der Waals surface area contributed by atoms with Gasteiger partial charge in [0.15, 0.2) is 5.75 Å². The van der Waals surface area contributed by atoms with E-state index in [1.54, 1.807) is 0 Å². The number of nitrogens with zero attached hydrogens (tertiary/aromatic N) is 1. The van der Waals surface area contributed by atoms with Gasteiger partial charge in [0.05, 0.1) is 16.9 Å². The summed E-state index contributed by atoms with van der Waals surface area (Å²) < 4.78 is 13.1. The third-order valence-corrected chi connectivity index (χ3v) is 1.67. The monoisotopic (exact) mass is 223 g/mol. The Kier molecular flexibility index (Phi) is 3.56. The van der Waals surface area contributed by atoms with Crippen molar-refractivity contribution in [3.05, 3.63) is 33.6 Å². The van der Waals surface area contributed by atoms with E-state index in [1.165, 1.54) is 0 Å². The zero-order valence-electron chi connectivity index (χ0n) is 7.94. The van der Waals surface area contributed by atoms with Crippen molar-refractivity contribution in [2.45, 2.75) is 6.42 Å². The molecule has 0 atom stereocenters. The summed E-state index contributed by atoms with van der Waals surface area (Å²) in [7, 11) is 0. The fourth-order valence-electron chi connectivity index (χ4n) is 0.981. The molecule has 0 unspecified atom stereocenters. The molecule has 5 nitrogen and oxygen atoms in total. The summed E-state index contributed by atoms with van der Waals surface area (Å²) in [5.41, 5.74) is -0.858. The Bertz CT molecular complexity index is 502. The Hall–Kier alpha value is -2.42. The fourth-order valence-corrected chi connectivity index (χ4v) is 0.981. The Morgan fingerprint density at radius 3 is 2.81 bits per heavy atom. The number of carbonyl (C=O) groups is 1. The topological polar surface area (TPSA) is 80.4 Å². The molecule has 1 aromatic rings. The Morgan fingerprint density at radius 2 is 2.25 bits per heavy atom. The molecule has 0 aliphatic rings. The third-order valence-electron chi connectivity index (χ3n) is 1.67. The van der Waals surface area contributed by atoms with Crippen molar-refractivity contribution in [3.8, 4) is 17.6 Å². The number of hydrogen-bond donors (Lipinski definition) is 1. The number of nitro groups is 1. The van der Waals surface area contributed by atoms with Crippen LogP contribution in [-0.4, -0.2) is 16.3 Å². The maximum absolute atomic E-state index is 13.1. The highest BCUT2D eigenvalue weighted by molar-refractivity contribution is 5.57. The van der Waals surface area contributed by atoms with E-state index in [0.717, 1.165) is 6.07 Å². The standard InChI is InChI=1S/C10H6FNO4/c11-8-6-10(14)9(12(15)16)5-7(8)3-1-2-4-13/h4-6,14H,2H2. The summed E-state index contributed by atoms with van der Waals surface area (Å²) in [6, 6.07) is 1.44. The van der Waals surface area contributed by atoms with Gasteiger partial charge < -0.3 is 9.90 Å². The number of rotatable bonds is 2. The van der Waals surface area contributed by atoms with Crippen molar-refractivity contribution < 1.29 is 19.2 Å². The minimum atomic E-state index is -0.874. The molecule has 6 heteroatoms. The number of aromatic hydroxyl groups is 1. The Morgan fingerprint density at radius 1 is 1.56 bits per heavy atom. The molecule has 0 bridgehead atoms. The molecular weight excluding hydrogens is 217 g/mol. The summed E-state index contributed by atoms with van der Waals surface area (Å²) in [4.78, 5) is 19.6. The minimum absolute atomic E-state index is 0.0892. The predicted molar refractivity (Wildman–Crippen MR) is 52.3 cm³/mol. The van der Waals surface area contributed by atoms with Crippen LogP contribution in [0.25, 0.3) is 0 Å². The van der Waals surface area contributed by atoms with Crippen LogP contribution in [-0.2, 0) is 4.79 Å². The van der Waals surface area contributed by atoms with E-state index in [9.17, 15) is 19.3 Å². The third kappa shape index (κ3) is 2.54. The first-order valence-electron chi connectivity index (χ1n) is 4.15. The summed E-state index contributed by atoms with van der Waals surface area (Å²) in [6.07, 6.45) is 0.438. The summed E-state index contributed by atoms with van der Waals surface area (Å²) in [5.74, 6) is 2.95. The highest BCUT2D eigenvalue weighted by Gasteiger charge is 2.16. The van der Waals surface area contributed by atoms with E-state index in [-0.39, 0.29) is 12.0 Å². The van der Waals surface area contributed by atoms with E-state index in [1.807, 2.05) is 0 Å². The average molecular weight is 223 g/mol. The maximum Gasteiger partial charge on any atom is 0.312 e. The van der Waals surface area contributed by atoms with E-state index >= 15 is 0 Å². The first-order chi connectivity index (χ1) is 7.56. The molecule has 1 rings (SSSR count). The number of aldehydes is 1. The van der Waals surface area contributed by atoms with Crippen LogP contribution in [0.3, 0.4) is 0 Å². The lowest BCUT2D eigenvalue weighted by atomic mass is 10.1. The molecule has 0 radical (unpaired) electrons. The van der Waals surface area contributed by atoms with E-state index in [4.69, 9.17) is 5.11 Å². The van der Waals surface area contributed by atoms with Crippen molar-refractivity contribution in [2.75, 3.05) is 0 Å². The van der Waals surface area contributed by atoms with Crippen LogP contribution in [0.4, 0.5) is 10.1 Å². The molecule has 0 heterocycles. The maximum atomic E-state index is 13.1. The Balaban J connectivity index is 3.21. The lowest BCUT2D eigenvalue weighted by molar-refractivity contribution is -0.385. The number of halogens is 1. The molecule has 1 N–H and O–H groups in total. The van der Waals surface area contributed by atoms with Gasteiger partial charge in [0.1, 0.15) is 12.1 Å². The van der Waals surface area contributed by atoms with Crippen molar-refractivity contribution in [2.24, 2.45) is 0 Å². The summed E-state index contributed by atoms with van der Waals surface area (Å²) >= 11 is 0. The number of phenols is 1. The molecule has 0 amide bonds. The van der Waals surface area contributed by atoms with Gasteiger partial charge in [-0.1, -0.05) is 11.8 Å². The molecule has 82 valence electrons. The number of phenolic OH excluding ortho intramolecular Hbond substituents is 1. The highest BCUT2D eigenvalue weighted by Crippen LogP contribution is 2.28. The smallest absolute Gasteiger partial charge is 0.312 e. The molecule has 0 fully saturated rings. The minimum Gasteiger partial charge on any atom is -0.502 e. The number of benzene rings is 1. The average Bonchev–Trinajstić information content (AvgIpc) is 2.21. The van der Waals surface area contributed by atoms with Crippen molar-refractivity contribution >= 4 is 12.0 Å². The van der Waals surface area contributed by atoms with Gasteiger partial charge in [-0.25, -0.2) is 4.39 Å². The first-order valence-corrected chi connectivity index (χ1v) is 4.15. The highest BCUT2D eigenvalue weighted by atomic mass is 19.1. The van der Waals surface area contributed by atoms with Crippen molar-refractivity contribution in [3.63, 3.8) is 0 Å². The largest absolute Gasteiger partial charge is 0.502 e. The number of hydrogen-bond acceptors (Lipinski definition) is 4. The number of nitro benzene ring substituents is 1. The number of carbonyl (C=O) groups excluding carboxylic acids is 1. The van der Waals surface area contributed by atoms with E-state index < -0.39 is 22.2 Å². The second-order valence-electron chi connectivity index (χ2n) is 2.75. The van der Waals surface area contributed by atoms with Gasteiger partial charge in [-0.3, -0.25) is 10.1 Å². The van der Waals surface area contributed by atoms with Crippen LogP contribution >= 0.6 is 0 Å². The van der Waals surface area contributed by atoms with Crippen molar-refractivity contribution in [1.82, 2.24) is 0 Å². The van der Waals surface area contributed by atoms with E-state index in [2.05, 4.69) is 11.8 Å². The lowest BCUT2D eigenvalue weighted by Crippen LogP contribution is -1.92. The molecule has 0 aliphatic carbocycles. The Labute approximate surface area is 89.7 Å². The van der Waals surface area contributed by atoms with Crippen LogP contribution in [0.15, 0.2) is 12.1 Å². The molecule has 0 saturated heterocycles. The zero-order chi connectivity index (χ0) is 12.1.